The molecule has 134 valence electrons. The predicted octanol–water partition coefficient (Wildman–Crippen LogP) is 3.77. The number of halogens is 1. The van der Waals surface area contributed by atoms with Crippen LogP contribution in [0.2, 0.25) is 0 Å². The molecular weight excluding hydrogens is 329 g/mol. The topological polar surface area (TPSA) is 58.4 Å². The van der Waals surface area contributed by atoms with Crippen molar-refractivity contribution in [3.63, 3.8) is 0 Å². The molecule has 26 heavy (non-hydrogen) atoms. The van der Waals surface area contributed by atoms with E-state index < -0.39 is 5.82 Å². The first-order valence-electron chi connectivity index (χ1n) is 8.95. The Morgan fingerprint density at radius 2 is 1.92 bits per heavy atom. The third-order valence-electron chi connectivity index (χ3n) is 4.87. The zero-order valence-corrected chi connectivity index (χ0v) is 14.5. The smallest absolute Gasteiger partial charge is 0.255 e. The SMILES string of the molecule is Nc1cc(F)ccc1NC(=O)c1ccc(C=C2CN(CC3CC3)C2)cc1. The molecule has 3 N–H and O–H groups in total. The Bertz CT molecular complexity index is 848. The molecule has 0 unspecified atom stereocenters. The van der Waals surface area contributed by atoms with E-state index in [1.165, 1.54) is 43.2 Å². The molecule has 2 aromatic rings. The lowest BCUT2D eigenvalue weighted by molar-refractivity contribution is 0.102. The Hall–Kier alpha value is -2.66. The molecule has 0 bridgehead atoms. The quantitative estimate of drug-likeness (QED) is 0.806. The summed E-state index contributed by atoms with van der Waals surface area (Å²) >= 11 is 0. The second-order valence-electron chi connectivity index (χ2n) is 7.22. The van der Waals surface area contributed by atoms with Crippen molar-refractivity contribution in [3.05, 3.63) is 65.0 Å². The lowest BCUT2D eigenvalue weighted by Crippen LogP contribution is -2.41. The number of nitrogen functional groups attached to an aromatic ring is 1. The van der Waals surface area contributed by atoms with Gasteiger partial charge >= 0.3 is 0 Å². The molecule has 5 heteroatoms. The predicted molar refractivity (Wildman–Crippen MR) is 102 cm³/mol. The van der Waals surface area contributed by atoms with Gasteiger partial charge in [0.25, 0.3) is 5.91 Å². The summed E-state index contributed by atoms with van der Waals surface area (Å²) in [4.78, 5) is 14.8. The van der Waals surface area contributed by atoms with Gasteiger partial charge in [-0.05, 0) is 60.2 Å². The fourth-order valence-electron chi connectivity index (χ4n) is 3.22. The fraction of sp³-hybridized carbons (Fsp3) is 0.286. The lowest BCUT2D eigenvalue weighted by Gasteiger charge is -2.34. The van der Waals surface area contributed by atoms with Crippen molar-refractivity contribution in [1.82, 2.24) is 4.90 Å². The molecule has 0 atom stereocenters. The molecule has 2 fully saturated rings. The highest BCUT2D eigenvalue weighted by Crippen LogP contribution is 2.32. The molecule has 1 aliphatic heterocycles. The van der Waals surface area contributed by atoms with E-state index in [0.717, 1.165) is 24.6 Å². The second kappa shape index (κ2) is 6.92. The molecule has 1 amide bonds. The van der Waals surface area contributed by atoms with Crippen LogP contribution in [0.3, 0.4) is 0 Å². The summed E-state index contributed by atoms with van der Waals surface area (Å²) in [5, 5.41) is 2.71. The molecule has 1 heterocycles. The number of hydrogen-bond acceptors (Lipinski definition) is 3. The normalized spacial score (nSPS) is 16.9. The number of hydrogen-bond donors (Lipinski definition) is 2. The van der Waals surface area contributed by atoms with Crippen molar-refractivity contribution in [1.29, 1.82) is 0 Å². The molecule has 4 nitrogen and oxygen atoms in total. The number of benzene rings is 2. The minimum absolute atomic E-state index is 0.209. The van der Waals surface area contributed by atoms with Gasteiger partial charge in [0.05, 0.1) is 11.4 Å². The van der Waals surface area contributed by atoms with Crippen LogP contribution in [0.5, 0.6) is 0 Å². The Balaban J connectivity index is 1.35. The molecule has 4 rings (SSSR count). The summed E-state index contributed by atoms with van der Waals surface area (Å²) in [6.07, 6.45) is 4.98. The van der Waals surface area contributed by atoms with Crippen LogP contribution >= 0.6 is 0 Å². The van der Waals surface area contributed by atoms with Crippen molar-refractivity contribution in [2.45, 2.75) is 12.8 Å². The number of anilines is 2. The Morgan fingerprint density at radius 1 is 1.19 bits per heavy atom. The number of nitrogens with two attached hydrogens (primary N) is 1. The zero-order valence-electron chi connectivity index (χ0n) is 14.5. The molecule has 1 aliphatic carbocycles. The average molecular weight is 351 g/mol. The summed E-state index contributed by atoms with van der Waals surface area (Å²) < 4.78 is 13.1. The Morgan fingerprint density at radius 3 is 2.58 bits per heavy atom. The molecular formula is C21H22FN3O. The Kier molecular flexibility index (Phi) is 4.47. The van der Waals surface area contributed by atoms with Crippen LogP contribution in [0.15, 0.2) is 48.0 Å². The summed E-state index contributed by atoms with van der Waals surface area (Å²) in [7, 11) is 0. The molecule has 0 spiro atoms. The van der Waals surface area contributed by atoms with Gasteiger partial charge in [0.1, 0.15) is 5.82 Å². The third kappa shape index (κ3) is 3.94. The monoisotopic (exact) mass is 351 g/mol. The van der Waals surface area contributed by atoms with E-state index in [1.807, 2.05) is 12.1 Å². The van der Waals surface area contributed by atoms with E-state index >= 15 is 0 Å². The molecule has 1 saturated carbocycles. The van der Waals surface area contributed by atoms with E-state index in [1.54, 1.807) is 12.1 Å². The number of carbonyl (C=O) groups excluding carboxylic acids is 1. The van der Waals surface area contributed by atoms with Crippen molar-refractivity contribution in [3.8, 4) is 0 Å². The van der Waals surface area contributed by atoms with Crippen LogP contribution < -0.4 is 11.1 Å². The highest BCUT2D eigenvalue weighted by Gasteiger charge is 2.28. The van der Waals surface area contributed by atoms with Crippen LogP contribution in [0.1, 0.15) is 28.8 Å². The minimum Gasteiger partial charge on any atom is -0.397 e. The van der Waals surface area contributed by atoms with Crippen molar-refractivity contribution >= 4 is 23.4 Å². The maximum Gasteiger partial charge on any atom is 0.255 e. The first-order chi connectivity index (χ1) is 12.6. The molecule has 0 aromatic heterocycles. The summed E-state index contributed by atoms with van der Waals surface area (Å²) in [5.41, 5.74) is 9.42. The van der Waals surface area contributed by atoms with E-state index in [4.69, 9.17) is 5.73 Å². The van der Waals surface area contributed by atoms with Gasteiger partial charge in [0.15, 0.2) is 0 Å². The average Bonchev–Trinajstić information content (AvgIpc) is 3.40. The highest BCUT2D eigenvalue weighted by molar-refractivity contribution is 6.05. The van der Waals surface area contributed by atoms with Crippen molar-refractivity contribution < 1.29 is 9.18 Å². The first-order valence-corrected chi connectivity index (χ1v) is 8.95. The number of carbonyl (C=O) groups is 1. The number of nitrogens with one attached hydrogen (secondary N) is 1. The summed E-state index contributed by atoms with van der Waals surface area (Å²) in [6.45, 7) is 3.36. The van der Waals surface area contributed by atoms with Crippen molar-refractivity contribution in [2.75, 3.05) is 30.7 Å². The van der Waals surface area contributed by atoms with Crippen LogP contribution in [0.25, 0.3) is 6.08 Å². The van der Waals surface area contributed by atoms with E-state index in [-0.39, 0.29) is 11.6 Å². The number of rotatable bonds is 5. The minimum atomic E-state index is -0.426. The molecule has 2 aromatic carbocycles. The van der Waals surface area contributed by atoms with Gasteiger partial charge in [0, 0.05) is 25.2 Å². The van der Waals surface area contributed by atoms with Crippen LogP contribution in [0, 0.1) is 11.7 Å². The van der Waals surface area contributed by atoms with Gasteiger partial charge in [-0.3, -0.25) is 9.69 Å². The highest BCUT2D eigenvalue weighted by atomic mass is 19.1. The summed E-state index contributed by atoms with van der Waals surface area (Å²) in [6, 6.07) is 11.4. The van der Waals surface area contributed by atoms with Crippen LogP contribution in [-0.2, 0) is 0 Å². The van der Waals surface area contributed by atoms with E-state index in [0.29, 0.717) is 11.3 Å². The van der Waals surface area contributed by atoms with E-state index in [9.17, 15) is 9.18 Å². The van der Waals surface area contributed by atoms with Gasteiger partial charge in [0.2, 0.25) is 0 Å². The van der Waals surface area contributed by atoms with E-state index in [2.05, 4.69) is 16.3 Å². The third-order valence-corrected chi connectivity index (χ3v) is 4.87. The van der Waals surface area contributed by atoms with Crippen molar-refractivity contribution in [2.24, 2.45) is 5.92 Å². The van der Waals surface area contributed by atoms with Gasteiger partial charge in [-0.1, -0.05) is 18.2 Å². The van der Waals surface area contributed by atoms with Gasteiger partial charge in [-0.25, -0.2) is 4.39 Å². The van der Waals surface area contributed by atoms with Crippen LogP contribution in [-0.4, -0.2) is 30.4 Å². The molecule has 0 radical (unpaired) electrons. The number of nitrogens with zero attached hydrogens (tertiary/aromatic N) is 1. The molecule has 1 saturated heterocycles. The maximum atomic E-state index is 13.1. The first kappa shape index (κ1) is 16.8. The standard InChI is InChI=1S/C21H22FN3O/c22-18-7-8-20(19(23)10-18)24-21(26)17-5-3-14(4-6-17)9-16-12-25(13-16)11-15-1-2-15/h3-10,15H,1-2,11-13,23H2,(H,24,26). The maximum absolute atomic E-state index is 13.1. The second-order valence-corrected chi connectivity index (χ2v) is 7.22. The lowest BCUT2D eigenvalue weighted by atomic mass is 10.0. The fourth-order valence-corrected chi connectivity index (χ4v) is 3.22. The Labute approximate surface area is 152 Å². The number of amides is 1. The van der Waals surface area contributed by atoms with Gasteiger partial charge in [-0.15, -0.1) is 0 Å². The van der Waals surface area contributed by atoms with Gasteiger partial charge < -0.3 is 11.1 Å². The zero-order chi connectivity index (χ0) is 18.1. The number of likely N-dealkylation sites (tertiary alicyclic amines) is 1. The van der Waals surface area contributed by atoms with Crippen LogP contribution in [0.4, 0.5) is 15.8 Å². The molecule has 2 aliphatic rings. The summed E-state index contributed by atoms with van der Waals surface area (Å²) in [5.74, 6) is 0.246. The largest absolute Gasteiger partial charge is 0.397 e. The van der Waals surface area contributed by atoms with Gasteiger partial charge in [-0.2, -0.15) is 0 Å².